The van der Waals surface area contributed by atoms with E-state index in [4.69, 9.17) is 9.47 Å². The molecule has 0 aliphatic heterocycles. The van der Waals surface area contributed by atoms with Crippen molar-refractivity contribution in [3.05, 3.63) is 59.7 Å². The van der Waals surface area contributed by atoms with Gasteiger partial charge in [0, 0.05) is 18.5 Å². The van der Waals surface area contributed by atoms with Crippen LogP contribution in [0.2, 0.25) is 0 Å². The highest BCUT2D eigenvalue weighted by Crippen LogP contribution is 2.34. The Labute approximate surface area is 206 Å². The number of ether oxygens (including phenoxy) is 2. The van der Waals surface area contributed by atoms with Crippen LogP contribution >= 0.6 is 0 Å². The Morgan fingerprint density at radius 1 is 0.861 bits per heavy atom. The van der Waals surface area contributed by atoms with Gasteiger partial charge in [0.1, 0.15) is 0 Å². The zero-order chi connectivity index (χ0) is 26.7. The van der Waals surface area contributed by atoms with Gasteiger partial charge in [-0.25, -0.2) is 4.79 Å². The summed E-state index contributed by atoms with van der Waals surface area (Å²) in [6.45, 7) is 3.38. The van der Waals surface area contributed by atoms with Crippen LogP contribution in [0.5, 0.6) is 0 Å². The predicted molar refractivity (Wildman–Crippen MR) is 125 cm³/mol. The molecule has 0 bridgehead atoms. The van der Waals surface area contributed by atoms with Crippen molar-refractivity contribution in [3.63, 3.8) is 0 Å². The molecule has 36 heavy (non-hydrogen) atoms. The van der Waals surface area contributed by atoms with Crippen LogP contribution in [-0.4, -0.2) is 37.0 Å². The molecule has 0 heterocycles. The molecule has 0 aromatic heterocycles. The first kappa shape index (κ1) is 28.3. The molecule has 2 rings (SSSR count). The van der Waals surface area contributed by atoms with E-state index in [1.807, 2.05) is 13.8 Å². The van der Waals surface area contributed by atoms with E-state index in [0.29, 0.717) is 17.9 Å². The lowest BCUT2D eigenvalue weighted by Gasteiger charge is -2.13. The van der Waals surface area contributed by atoms with Gasteiger partial charge in [-0.2, -0.15) is 13.2 Å². The summed E-state index contributed by atoms with van der Waals surface area (Å²) in [7, 11) is 0. The van der Waals surface area contributed by atoms with Crippen LogP contribution in [0.3, 0.4) is 0 Å². The number of hydrogen-bond donors (Lipinski definition) is 2. The molecule has 0 aliphatic rings. The molecular weight excluding hydrogens is 481 g/mol. The van der Waals surface area contributed by atoms with Gasteiger partial charge in [0.2, 0.25) is 5.91 Å². The molecule has 11 heteroatoms. The maximum absolute atomic E-state index is 13.0. The summed E-state index contributed by atoms with van der Waals surface area (Å²) >= 11 is 0. The van der Waals surface area contributed by atoms with Crippen LogP contribution in [0.4, 0.5) is 24.5 Å². The summed E-state index contributed by atoms with van der Waals surface area (Å²) in [6.07, 6.45) is -4.70. The molecule has 2 aromatic rings. The standard InChI is InChI=1S/C25H27F3N2O6/c1-16(2)14-36-24(34)17-10-12-18(13-11-17)29-21(31)8-5-9-23(33)35-15-22(32)30-20-7-4-3-6-19(20)25(26,27)28/h3-4,6-7,10-13,16H,5,8-9,14-15H2,1-2H3,(H,29,31)(H,30,32). The molecule has 0 fully saturated rings. The second-order valence-electron chi connectivity index (χ2n) is 8.22. The van der Waals surface area contributed by atoms with E-state index in [1.54, 1.807) is 12.1 Å². The van der Waals surface area contributed by atoms with Crippen LogP contribution in [0, 0.1) is 5.92 Å². The molecule has 2 amide bonds. The Kier molecular flexibility index (Phi) is 10.4. The lowest BCUT2D eigenvalue weighted by atomic mass is 10.1. The van der Waals surface area contributed by atoms with E-state index in [2.05, 4.69) is 10.6 Å². The summed E-state index contributed by atoms with van der Waals surface area (Å²) in [6, 6.07) is 10.6. The molecule has 194 valence electrons. The molecule has 0 spiro atoms. The van der Waals surface area contributed by atoms with Crippen molar-refractivity contribution in [1.29, 1.82) is 0 Å². The van der Waals surface area contributed by atoms with Gasteiger partial charge in [-0.1, -0.05) is 26.0 Å². The Bertz CT molecular complexity index is 1070. The fourth-order valence-electron chi connectivity index (χ4n) is 2.88. The van der Waals surface area contributed by atoms with E-state index in [0.717, 1.165) is 12.1 Å². The number of alkyl halides is 3. The van der Waals surface area contributed by atoms with Gasteiger partial charge in [-0.3, -0.25) is 14.4 Å². The number of carbonyl (C=O) groups is 4. The van der Waals surface area contributed by atoms with E-state index in [-0.39, 0.29) is 31.1 Å². The van der Waals surface area contributed by atoms with E-state index in [9.17, 15) is 32.3 Å². The fourth-order valence-corrected chi connectivity index (χ4v) is 2.88. The molecule has 0 unspecified atom stereocenters. The lowest BCUT2D eigenvalue weighted by molar-refractivity contribution is -0.147. The van der Waals surface area contributed by atoms with Crippen LogP contribution < -0.4 is 10.6 Å². The van der Waals surface area contributed by atoms with Crippen molar-refractivity contribution in [2.75, 3.05) is 23.8 Å². The number of benzene rings is 2. The normalized spacial score (nSPS) is 11.1. The van der Waals surface area contributed by atoms with Crippen LogP contribution in [0.25, 0.3) is 0 Å². The number of carbonyl (C=O) groups excluding carboxylic acids is 4. The second-order valence-corrected chi connectivity index (χ2v) is 8.22. The van der Waals surface area contributed by atoms with Crippen molar-refractivity contribution in [2.24, 2.45) is 5.92 Å². The largest absolute Gasteiger partial charge is 0.462 e. The average molecular weight is 508 g/mol. The van der Waals surface area contributed by atoms with Gasteiger partial charge in [-0.15, -0.1) is 0 Å². The minimum Gasteiger partial charge on any atom is -0.462 e. The lowest BCUT2D eigenvalue weighted by Crippen LogP contribution is -2.22. The van der Waals surface area contributed by atoms with Gasteiger partial charge in [0.15, 0.2) is 6.61 Å². The van der Waals surface area contributed by atoms with Gasteiger partial charge in [0.05, 0.1) is 23.4 Å². The topological polar surface area (TPSA) is 111 Å². The first-order valence-corrected chi connectivity index (χ1v) is 11.1. The smallest absolute Gasteiger partial charge is 0.418 e. The number of hydrogen-bond acceptors (Lipinski definition) is 6. The minimum absolute atomic E-state index is 0.0154. The summed E-state index contributed by atoms with van der Waals surface area (Å²) < 4.78 is 48.8. The maximum Gasteiger partial charge on any atom is 0.418 e. The molecule has 0 saturated carbocycles. The minimum atomic E-state index is -4.65. The highest BCUT2D eigenvalue weighted by atomic mass is 19.4. The number of nitrogens with one attached hydrogen (secondary N) is 2. The SMILES string of the molecule is CC(C)COC(=O)c1ccc(NC(=O)CCCC(=O)OCC(=O)Nc2ccccc2C(F)(F)F)cc1. The molecule has 0 aliphatic carbocycles. The Morgan fingerprint density at radius 3 is 2.17 bits per heavy atom. The molecule has 2 N–H and O–H groups in total. The van der Waals surface area contributed by atoms with Crippen molar-refractivity contribution < 1.29 is 41.8 Å². The summed E-state index contributed by atoms with van der Waals surface area (Å²) in [5, 5.41) is 4.70. The molecule has 2 aromatic carbocycles. The molecule has 0 radical (unpaired) electrons. The van der Waals surface area contributed by atoms with E-state index < -0.39 is 41.9 Å². The van der Waals surface area contributed by atoms with Crippen LogP contribution in [0.1, 0.15) is 49.0 Å². The van der Waals surface area contributed by atoms with Crippen molar-refractivity contribution in [3.8, 4) is 0 Å². The van der Waals surface area contributed by atoms with Gasteiger partial charge < -0.3 is 20.1 Å². The Hall–Kier alpha value is -3.89. The van der Waals surface area contributed by atoms with Crippen molar-refractivity contribution >= 4 is 35.1 Å². The van der Waals surface area contributed by atoms with Crippen molar-refractivity contribution in [1.82, 2.24) is 0 Å². The highest BCUT2D eigenvalue weighted by Gasteiger charge is 2.33. The number of halogens is 3. The Morgan fingerprint density at radius 2 is 1.53 bits per heavy atom. The van der Waals surface area contributed by atoms with Crippen LogP contribution in [0.15, 0.2) is 48.5 Å². The van der Waals surface area contributed by atoms with E-state index in [1.165, 1.54) is 24.3 Å². The zero-order valence-corrected chi connectivity index (χ0v) is 19.8. The number of amides is 2. The Balaban J connectivity index is 1.69. The summed E-state index contributed by atoms with van der Waals surface area (Å²) in [4.78, 5) is 47.6. The first-order valence-electron chi connectivity index (χ1n) is 11.1. The maximum atomic E-state index is 13.0. The van der Waals surface area contributed by atoms with Gasteiger partial charge in [-0.05, 0) is 48.7 Å². The number of esters is 2. The molecule has 8 nitrogen and oxygen atoms in total. The highest BCUT2D eigenvalue weighted by molar-refractivity contribution is 5.94. The average Bonchev–Trinajstić information content (AvgIpc) is 2.81. The quantitative estimate of drug-likeness (QED) is 0.422. The zero-order valence-electron chi connectivity index (χ0n) is 19.8. The van der Waals surface area contributed by atoms with E-state index >= 15 is 0 Å². The van der Waals surface area contributed by atoms with Crippen LogP contribution in [-0.2, 0) is 30.0 Å². The number of rotatable bonds is 11. The molecule has 0 saturated heterocycles. The van der Waals surface area contributed by atoms with Gasteiger partial charge >= 0.3 is 18.1 Å². The molecular formula is C25H27F3N2O6. The monoisotopic (exact) mass is 508 g/mol. The number of para-hydroxylation sites is 1. The fraction of sp³-hybridized carbons (Fsp3) is 0.360. The third kappa shape index (κ3) is 9.77. The number of anilines is 2. The summed E-state index contributed by atoms with van der Waals surface area (Å²) in [5.41, 5.74) is -0.652. The predicted octanol–water partition coefficient (Wildman–Crippen LogP) is 4.81. The first-order chi connectivity index (χ1) is 17.0. The van der Waals surface area contributed by atoms with Gasteiger partial charge in [0.25, 0.3) is 5.91 Å². The summed E-state index contributed by atoms with van der Waals surface area (Å²) in [5.74, 6) is -2.32. The second kappa shape index (κ2) is 13.3. The third-order valence-corrected chi connectivity index (χ3v) is 4.61. The van der Waals surface area contributed by atoms with Crippen molar-refractivity contribution in [2.45, 2.75) is 39.3 Å². The third-order valence-electron chi connectivity index (χ3n) is 4.61. The molecule has 0 atom stereocenters.